The summed E-state index contributed by atoms with van der Waals surface area (Å²) in [5, 5.41) is 13.2. The molecular formula is C10H23NO. The molecule has 0 aromatic carbocycles. The third-order valence-corrected chi connectivity index (χ3v) is 2.43. The fourth-order valence-corrected chi connectivity index (χ4v) is 0.903. The van der Waals surface area contributed by atoms with Gasteiger partial charge in [-0.3, -0.25) is 0 Å². The van der Waals surface area contributed by atoms with Crippen LogP contribution < -0.4 is 5.32 Å². The molecular weight excluding hydrogens is 150 g/mol. The van der Waals surface area contributed by atoms with Gasteiger partial charge >= 0.3 is 0 Å². The van der Waals surface area contributed by atoms with E-state index in [4.69, 9.17) is 0 Å². The minimum absolute atomic E-state index is 0.325. The van der Waals surface area contributed by atoms with E-state index < -0.39 is 5.60 Å². The highest BCUT2D eigenvalue weighted by Crippen LogP contribution is 2.19. The van der Waals surface area contributed by atoms with Gasteiger partial charge < -0.3 is 10.4 Å². The van der Waals surface area contributed by atoms with Crippen molar-refractivity contribution in [2.45, 2.75) is 52.7 Å². The average molecular weight is 173 g/mol. The smallest absolute Gasteiger partial charge is 0.0654 e. The Morgan fingerprint density at radius 2 is 1.75 bits per heavy atom. The molecule has 0 aliphatic heterocycles. The third-order valence-electron chi connectivity index (χ3n) is 2.43. The maximum atomic E-state index is 9.86. The van der Waals surface area contributed by atoms with E-state index in [0.717, 1.165) is 13.0 Å². The predicted octanol–water partition coefficient (Wildman–Crippen LogP) is 1.78. The zero-order valence-electron chi connectivity index (χ0n) is 9.02. The molecule has 1 atom stereocenters. The summed E-state index contributed by atoms with van der Waals surface area (Å²) in [6.45, 7) is 11.1. The molecule has 0 radical (unpaired) electrons. The van der Waals surface area contributed by atoms with Gasteiger partial charge in [-0.1, -0.05) is 27.7 Å². The first-order chi connectivity index (χ1) is 5.36. The van der Waals surface area contributed by atoms with Gasteiger partial charge in [-0.05, 0) is 25.8 Å². The van der Waals surface area contributed by atoms with Crippen molar-refractivity contribution >= 4 is 0 Å². The van der Waals surface area contributed by atoms with Crippen molar-refractivity contribution in [3.8, 4) is 0 Å². The normalized spacial score (nSPS) is 17.0. The Balaban J connectivity index is 3.61. The van der Waals surface area contributed by atoms with Crippen LogP contribution in [0.3, 0.4) is 0 Å². The van der Waals surface area contributed by atoms with Crippen LogP contribution in [0.25, 0.3) is 0 Å². The van der Waals surface area contributed by atoms with Crippen LogP contribution in [0, 0.1) is 5.92 Å². The Hall–Kier alpha value is -0.0800. The zero-order valence-corrected chi connectivity index (χ0v) is 9.02. The summed E-state index contributed by atoms with van der Waals surface area (Å²) in [6.07, 6.45) is 0.822. The van der Waals surface area contributed by atoms with Crippen molar-refractivity contribution < 1.29 is 5.11 Å². The molecule has 0 bridgehead atoms. The number of hydrogen-bond acceptors (Lipinski definition) is 2. The van der Waals surface area contributed by atoms with E-state index in [1.165, 1.54) is 0 Å². The Bertz CT molecular complexity index is 119. The van der Waals surface area contributed by atoms with Gasteiger partial charge in [-0.25, -0.2) is 0 Å². The molecule has 1 unspecified atom stereocenters. The Morgan fingerprint density at radius 3 is 2.08 bits per heavy atom. The molecule has 2 nitrogen and oxygen atoms in total. The van der Waals surface area contributed by atoms with Gasteiger partial charge in [0.1, 0.15) is 0 Å². The van der Waals surface area contributed by atoms with Crippen LogP contribution in [-0.2, 0) is 0 Å². The molecule has 0 heterocycles. The fraction of sp³-hybridized carbons (Fsp3) is 1.00. The van der Waals surface area contributed by atoms with Crippen LogP contribution in [0.15, 0.2) is 0 Å². The van der Waals surface area contributed by atoms with Gasteiger partial charge in [0.25, 0.3) is 0 Å². The van der Waals surface area contributed by atoms with E-state index >= 15 is 0 Å². The van der Waals surface area contributed by atoms with Gasteiger partial charge in [0.05, 0.1) is 5.60 Å². The van der Waals surface area contributed by atoms with Gasteiger partial charge in [0.15, 0.2) is 0 Å². The maximum absolute atomic E-state index is 9.86. The Morgan fingerprint density at radius 1 is 1.25 bits per heavy atom. The van der Waals surface area contributed by atoms with Crippen molar-refractivity contribution in [2.24, 2.45) is 5.92 Å². The minimum Gasteiger partial charge on any atom is -0.390 e. The van der Waals surface area contributed by atoms with Gasteiger partial charge in [-0.15, -0.1) is 0 Å². The first-order valence-corrected chi connectivity index (χ1v) is 4.82. The monoisotopic (exact) mass is 173 g/mol. The van der Waals surface area contributed by atoms with Crippen molar-refractivity contribution in [1.82, 2.24) is 5.32 Å². The predicted molar refractivity (Wildman–Crippen MR) is 53.2 cm³/mol. The van der Waals surface area contributed by atoms with Crippen molar-refractivity contribution in [1.29, 1.82) is 0 Å². The number of aliphatic hydroxyl groups is 1. The summed E-state index contributed by atoms with van der Waals surface area (Å²) in [5.74, 6) is 0.325. The summed E-state index contributed by atoms with van der Waals surface area (Å²) in [6, 6.07) is 0.507. The molecule has 0 rings (SSSR count). The average Bonchev–Trinajstić information content (AvgIpc) is 1.85. The number of rotatable bonds is 5. The number of hydrogen-bond donors (Lipinski definition) is 2. The first kappa shape index (κ1) is 11.9. The largest absolute Gasteiger partial charge is 0.390 e. The lowest BCUT2D eigenvalue weighted by Crippen LogP contribution is -2.36. The van der Waals surface area contributed by atoms with Crippen LogP contribution in [0.1, 0.15) is 41.0 Å². The lowest BCUT2D eigenvalue weighted by atomic mass is 9.89. The standard InChI is InChI=1S/C10H23NO/c1-8(2)10(5,12)6-7-11-9(3)4/h8-9,11-12H,6-7H2,1-5H3. The second-order valence-corrected chi connectivity index (χ2v) is 4.37. The fourth-order valence-electron chi connectivity index (χ4n) is 0.903. The maximum Gasteiger partial charge on any atom is 0.0654 e. The summed E-state index contributed by atoms with van der Waals surface area (Å²) in [5.41, 5.74) is -0.526. The first-order valence-electron chi connectivity index (χ1n) is 4.82. The topological polar surface area (TPSA) is 32.3 Å². The molecule has 0 aliphatic rings. The highest BCUT2D eigenvalue weighted by molar-refractivity contribution is 4.77. The molecule has 0 aromatic heterocycles. The lowest BCUT2D eigenvalue weighted by Gasteiger charge is -2.28. The summed E-state index contributed by atoms with van der Waals surface area (Å²) in [7, 11) is 0. The summed E-state index contributed by atoms with van der Waals surface area (Å²) >= 11 is 0. The summed E-state index contributed by atoms with van der Waals surface area (Å²) in [4.78, 5) is 0. The van der Waals surface area contributed by atoms with E-state index in [-0.39, 0.29) is 0 Å². The molecule has 2 heteroatoms. The Kier molecular flexibility index (Phi) is 4.80. The Labute approximate surface area is 76.4 Å². The highest BCUT2D eigenvalue weighted by atomic mass is 16.3. The van der Waals surface area contributed by atoms with Crippen LogP contribution in [0.2, 0.25) is 0 Å². The molecule has 0 spiro atoms. The van der Waals surface area contributed by atoms with E-state index in [9.17, 15) is 5.11 Å². The second-order valence-electron chi connectivity index (χ2n) is 4.37. The SMILES string of the molecule is CC(C)NCCC(C)(O)C(C)C. The van der Waals surface area contributed by atoms with E-state index in [0.29, 0.717) is 12.0 Å². The van der Waals surface area contributed by atoms with Gasteiger partial charge in [-0.2, -0.15) is 0 Å². The quantitative estimate of drug-likeness (QED) is 0.664. The molecule has 0 aliphatic carbocycles. The van der Waals surface area contributed by atoms with Crippen LogP contribution >= 0.6 is 0 Å². The van der Waals surface area contributed by atoms with Gasteiger partial charge in [0.2, 0.25) is 0 Å². The second kappa shape index (κ2) is 4.83. The van der Waals surface area contributed by atoms with Crippen LogP contribution in [0.5, 0.6) is 0 Å². The minimum atomic E-state index is -0.526. The number of nitrogens with one attached hydrogen (secondary N) is 1. The van der Waals surface area contributed by atoms with Crippen molar-refractivity contribution in [3.05, 3.63) is 0 Å². The van der Waals surface area contributed by atoms with E-state index in [1.54, 1.807) is 0 Å². The van der Waals surface area contributed by atoms with Gasteiger partial charge in [0, 0.05) is 6.04 Å². The third kappa shape index (κ3) is 4.73. The molecule has 0 saturated heterocycles. The molecule has 0 amide bonds. The van der Waals surface area contributed by atoms with Crippen molar-refractivity contribution in [3.63, 3.8) is 0 Å². The zero-order chi connectivity index (χ0) is 9.78. The molecule has 2 N–H and O–H groups in total. The summed E-state index contributed by atoms with van der Waals surface area (Å²) < 4.78 is 0. The van der Waals surface area contributed by atoms with Crippen LogP contribution in [0.4, 0.5) is 0 Å². The van der Waals surface area contributed by atoms with Crippen LogP contribution in [-0.4, -0.2) is 23.3 Å². The van der Waals surface area contributed by atoms with E-state index in [1.807, 2.05) is 6.92 Å². The highest BCUT2D eigenvalue weighted by Gasteiger charge is 2.23. The molecule has 74 valence electrons. The van der Waals surface area contributed by atoms with Crippen molar-refractivity contribution in [2.75, 3.05) is 6.54 Å². The lowest BCUT2D eigenvalue weighted by molar-refractivity contribution is 0.00549. The molecule has 0 fully saturated rings. The molecule has 12 heavy (non-hydrogen) atoms. The van der Waals surface area contributed by atoms with E-state index in [2.05, 4.69) is 33.0 Å². The molecule has 0 aromatic rings. The molecule has 0 saturated carbocycles.